The minimum Gasteiger partial charge on any atom is -0.462 e. The third-order valence-electron chi connectivity index (χ3n) is 16.8. The third-order valence-corrected chi connectivity index (χ3v) is 18.7. The summed E-state index contributed by atoms with van der Waals surface area (Å²) in [4.78, 5) is 73.1. The van der Waals surface area contributed by atoms with E-state index in [1.165, 1.54) is 44.9 Å². The molecule has 0 radical (unpaired) electrons. The van der Waals surface area contributed by atoms with Crippen molar-refractivity contribution >= 4 is 39.5 Å². The van der Waals surface area contributed by atoms with E-state index in [0.717, 1.165) is 199 Å². The van der Waals surface area contributed by atoms with E-state index in [0.29, 0.717) is 25.7 Å². The lowest BCUT2D eigenvalue weighted by Gasteiger charge is -2.21. The van der Waals surface area contributed by atoms with Gasteiger partial charge < -0.3 is 33.8 Å². The minimum atomic E-state index is -5.00. The smallest absolute Gasteiger partial charge is 0.462 e. The van der Waals surface area contributed by atoms with Gasteiger partial charge in [0.2, 0.25) is 0 Å². The van der Waals surface area contributed by atoms with Crippen molar-refractivity contribution in [3.8, 4) is 0 Å². The van der Waals surface area contributed by atoms with Gasteiger partial charge in [0.15, 0.2) is 12.2 Å². The first-order valence-electron chi connectivity index (χ1n) is 41.1. The summed E-state index contributed by atoms with van der Waals surface area (Å²) >= 11 is 0. The van der Waals surface area contributed by atoms with Crippen LogP contribution in [-0.4, -0.2) is 96.7 Å². The molecule has 19 heteroatoms. The molecule has 0 heterocycles. The molecular formula is C87H146O17P2. The highest BCUT2D eigenvalue weighted by Gasteiger charge is 2.30. The van der Waals surface area contributed by atoms with Crippen molar-refractivity contribution in [2.45, 2.75) is 341 Å². The number of hydrogen-bond acceptors (Lipinski definition) is 15. The number of phosphoric ester groups is 2. The first-order chi connectivity index (χ1) is 51.7. The van der Waals surface area contributed by atoms with E-state index in [1.807, 2.05) is 0 Å². The number of phosphoric acid groups is 2. The molecule has 106 heavy (non-hydrogen) atoms. The molecule has 0 saturated carbocycles. The van der Waals surface area contributed by atoms with Crippen molar-refractivity contribution in [3.05, 3.63) is 146 Å². The van der Waals surface area contributed by atoms with Crippen molar-refractivity contribution in [2.24, 2.45) is 0 Å². The molecule has 0 aromatic heterocycles. The van der Waals surface area contributed by atoms with E-state index >= 15 is 0 Å². The van der Waals surface area contributed by atoms with Crippen molar-refractivity contribution < 1.29 is 80.2 Å². The van der Waals surface area contributed by atoms with Crippen LogP contribution >= 0.6 is 15.6 Å². The average Bonchev–Trinajstić information content (AvgIpc) is 0.903. The van der Waals surface area contributed by atoms with Crippen LogP contribution in [0.3, 0.4) is 0 Å². The number of hydrogen-bond donors (Lipinski definition) is 3. The van der Waals surface area contributed by atoms with Gasteiger partial charge in [-0.25, -0.2) is 9.13 Å². The zero-order valence-corrected chi connectivity index (χ0v) is 68.1. The third kappa shape index (κ3) is 77.1. The molecule has 17 nitrogen and oxygen atoms in total. The van der Waals surface area contributed by atoms with Crippen LogP contribution in [0.1, 0.15) is 323 Å². The molecule has 0 aliphatic rings. The van der Waals surface area contributed by atoms with Gasteiger partial charge in [-0.15, -0.1) is 0 Å². The molecule has 0 saturated heterocycles. The summed E-state index contributed by atoms with van der Waals surface area (Å²) in [6.07, 6.45) is 89.6. The minimum absolute atomic E-state index is 0.0662. The van der Waals surface area contributed by atoms with Crippen LogP contribution in [0.5, 0.6) is 0 Å². The quantitative estimate of drug-likeness (QED) is 0.0169. The van der Waals surface area contributed by atoms with Crippen molar-refractivity contribution in [3.63, 3.8) is 0 Å². The number of allylic oxidation sites excluding steroid dienone is 24. The summed E-state index contributed by atoms with van der Waals surface area (Å²) in [5.74, 6) is -2.25. The number of aliphatic hydroxyl groups excluding tert-OH is 1. The first-order valence-corrected chi connectivity index (χ1v) is 44.1. The monoisotopic (exact) mass is 1530 g/mol. The molecule has 0 aromatic rings. The lowest BCUT2D eigenvalue weighted by Crippen LogP contribution is -2.30. The summed E-state index contributed by atoms with van der Waals surface area (Å²) in [6, 6.07) is 0. The topological polar surface area (TPSA) is 237 Å². The maximum absolute atomic E-state index is 13.1. The molecule has 5 unspecified atom stereocenters. The Balaban J connectivity index is 5.43. The Morgan fingerprint density at radius 1 is 0.274 bits per heavy atom. The zero-order chi connectivity index (χ0) is 77.4. The van der Waals surface area contributed by atoms with E-state index in [9.17, 15) is 43.2 Å². The maximum Gasteiger partial charge on any atom is 0.472 e. The summed E-state index contributed by atoms with van der Waals surface area (Å²) in [5.41, 5.74) is 0. The van der Waals surface area contributed by atoms with Gasteiger partial charge in [0.1, 0.15) is 19.3 Å². The molecule has 0 aliphatic carbocycles. The molecule has 606 valence electrons. The summed E-state index contributed by atoms with van der Waals surface area (Å²) < 4.78 is 68.6. The van der Waals surface area contributed by atoms with Gasteiger partial charge in [-0.05, 0) is 167 Å². The highest BCUT2D eigenvalue weighted by Crippen LogP contribution is 2.45. The molecule has 0 rings (SSSR count). The second-order valence-corrected chi connectivity index (χ2v) is 29.8. The van der Waals surface area contributed by atoms with Gasteiger partial charge in [-0.2, -0.15) is 0 Å². The van der Waals surface area contributed by atoms with E-state index < -0.39 is 97.5 Å². The highest BCUT2D eigenvalue weighted by atomic mass is 31.2. The SMILES string of the molecule is CC/C=C\C/C=C\C/C=C\C/C=C\C/C=C\CCCCCC(=O)OCC(COP(=O)(O)OCC(O)COP(=O)(O)OCC(COC(=O)CCCCCCC/C=C\C/C=C\CCCCC)OC(=O)CCCCCCC/C=C\CCCCCC)OC(=O)CCCCCCCC/C=C\C/C=C\C/C=C\C/C=C\CC. The Morgan fingerprint density at radius 3 is 0.792 bits per heavy atom. The maximum atomic E-state index is 13.1. The molecular weight excluding hydrogens is 1380 g/mol. The molecule has 3 N–H and O–H groups in total. The van der Waals surface area contributed by atoms with Gasteiger partial charge in [0.05, 0.1) is 26.4 Å². The van der Waals surface area contributed by atoms with Crippen LogP contribution in [0, 0.1) is 0 Å². The van der Waals surface area contributed by atoms with Crippen LogP contribution < -0.4 is 0 Å². The summed E-state index contributed by atoms with van der Waals surface area (Å²) in [7, 11) is -9.99. The Bertz CT molecular complexity index is 2580. The number of carbonyl (C=O) groups excluding carboxylic acids is 4. The Labute approximate surface area is 643 Å². The largest absolute Gasteiger partial charge is 0.472 e. The second-order valence-electron chi connectivity index (χ2n) is 26.9. The fourth-order valence-corrected chi connectivity index (χ4v) is 12.1. The van der Waals surface area contributed by atoms with Crippen LogP contribution in [0.15, 0.2) is 146 Å². The second kappa shape index (κ2) is 78.1. The first kappa shape index (κ1) is 101. The van der Waals surface area contributed by atoms with E-state index in [4.69, 9.17) is 37.0 Å². The molecule has 0 amide bonds. The van der Waals surface area contributed by atoms with Crippen molar-refractivity contribution in [2.75, 3.05) is 39.6 Å². The van der Waals surface area contributed by atoms with Crippen molar-refractivity contribution in [1.29, 1.82) is 0 Å². The summed E-state index contributed by atoms with van der Waals surface area (Å²) in [5, 5.41) is 10.7. The fraction of sp³-hybridized carbons (Fsp3) is 0.678. The van der Waals surface area contributed by atoms with Crippen LogP contribution in [0.2, 0.25) is 0 Å². The molecule has 0 bridgehead atoms. The normalized spacial score (nSPS) is 14.6. The molecule has 5 atom stereocenters. The van der Waals surface area contributed by atoms with Gasteiger partial charge in [-0.3, -0.25) is 37.3 Å². The van der Waals surface area contributed by atoms with E-state index in [-0.39, 0.29) is 25.7 Å². The van der Waals surface area contributed by atoms with E-state index in [2.05, 4.69) is 174 Å². The molecule has 0 aliphatic heterocycles. The Kier molecular flexibility index (Phi) is 74.3. The predicted molar refractivity (Wildman–Crippen MR) is 436 cm³/mol. The van der Waals surface area contributed by atoms with Crippen LogP contribution in [0.25, 0.3) is 0 Å². The predicted octanol–water partition coefficient (Wildman–Crippen LogP) is 24.2. The average molecular weight is 1530 g/mol. The van der Waals surface area contributed by atoms with Crippen molar-refractivity contribution in [1.82, 2.24) is 0 Å². The number of unbranched alkanes of at least 4 members (excludes halogenated alkanes) is 26. The lowest BCUT2D eigenvalue weighted by atomic mass is 10.1. The van der Waals surface area contributed by atoms with Gasteiger partial charge in [-0.1, -0.05) is 276 Å². The van der Waals surface area contributed by atoms with Gasteiger partial charge >= 0.3 is 39.5 Å². The van der Waals surface area contributed by atoms with E-state index in [1.54, 1.807) is 0 Å². The molecule has 0 fully saturated rings. The number of esters is 4. The van der Waals surface area contributed by atoms with Gasteiger partial charge in [0, 0.05) is 25.7 Å². The molecule has 0 spiro atoms. The Morgan fingerprint density at radius 2 is 0.491 bits per heavy atom. The highest BCUT2D eigenvalue weighted by molar-refractivity contribution is 7.47. The lowest BCUT2D eigenvalue weighted by molar-refractivity contribution is -0.161. The molecule has 0 aromatic carbocycles. The number of rotatable bonds is 76. The van der Waals surface area contributed by atoms with Crippen LogP contribution in [0.4, 0.5) is 0 Å². The fourth-order valence-electron chi connectivity index (χ4n) is 10.6. The standard InChI is InChI=1S/C87H146O17P2/c1-5-9-13-17-21-25-29-33-36-38-40-42-45-49-52-56-60-64-68-72-85(90)98-78-83(104-87(92)74-70-66-62-58-54-50-46-43-41-39-37-34-30-26-22-18-14-10-6-2)80-102-106(95,96)100-76-81(88)75-99-105(93,94)101-79-82(103-86(91)73-69-65-61-57-53-47-32-28-24-20-16-12-8-4)77-97-84(89)71-67-63-59-55-51-48-44-35-31-27-23-19-15-11-7-3/h9-10,13-14,21-23,25-28,32-37,40-44,49,52,81-83,88H,5-8,11-12,15-20,24,29-31,38-39,45-48,50-51,53-80H2,1-4H3,(H,93,94)(H,95,96)/b13-9-,14-10-,25-21-,26-22-,27-23-,32-28-,36-33-,37-34-,42-40-,43-41-,44-35-,52-49-. The number of ether oxygens (including phenoxy) is 4. The number of aliphatic hydroxyl groups is 1. The number of carbonyl (C=O) groups is 4. The van der Waals surface area contributed by atoms with Gasteiger partial charge in [0.25, 0.3) is 0 Å². The van der Waals surface area contributed by atoms with Crippen LogP contribution in [-0.2, 0) is 65.4 Å². The zero-order valence-electron chi connectivity index (χ0n) is 66.3. The summed E-state index contributed by atoms with van der Waals surface area (Å²) in [6.45, 7) is 4.54. The Hall–Kier alpha value is -5.06.